The quantitative estimate of drug-likeness (QED) is 0.792. The lowest BCUT2D eigenvalue weighted by molar-refractivity contribution is 0.0322. The standard InChI is InChI=1S/C21H32N2O2/c1-3-18-13-19(4-1)16-23(15-18)17-20-5-2-6-21(14-20)25-12-9-22-7-10-24-11-8-22/h2,5-6,14,18-19H,1,3-4,7-13,15-17H2/t18-,19-/m1/s1. The van der Waals surface area contributed by atoms with Gasteiger partial charge in [-0.15, -0.1) is 0 Å². The molecule has 0 spiro atoms. The van der Waals surface area contributed by atoms with E-state index >= 15 is 0 Å². The third-order valence-electron chi connectivity index (χ3n) is 6.01. The lowest BCUT2D eigenvalue weighted by Gasteiger charge is -2.41. The highest BCUT2D eigenvalue weighted by molar-refractivity contribution is 5.28. The largest absolute Gasteiger partial charge is 0.492 e. The number of hydrogen-bond donors (Lipinski definition) is 0. The molecule has 0 N–H and O–H groups in total. The molecule has 2 aliphatic heterocycles. The van der Waals surface area contributed by atoms with Gasteiger partial charge in [-0.2, -0.15) is 0 Å². The molecule has 2 saturated heterocycles. The first-order valence-corrected chi connectivity index (χ1v) is 10.1. The SMILES string of the molecule is c1cc(CN2C[C@@H]3CCC[C@H](C3)C2)cc(OCCN2CCOCC2)c1. The van der Waals surface area contributed by atoms with Crippen LogP contribution in [-0.2, 0) is 11.3 Å². The molecule has 1 aliphatic carbocycles. The Kier molecular flexibility index (Phi) is 5.90. The average molecular weight is 344 g/mol. The number of piperidine rings is 1. The second-order valence-electron chi connectivity index (χ2n) is 8.04. The third-order valence-corrected chi connectivity index (χ3v) is 6.01. The molecule has 4 nitrogen and oxygen atoms in total. The van der Waals surface area contributed by atoms with Gasteiger partial charge in [-0.3, -0.25) is 9.80 Å². The van der Waals surface area contributed by atoms with Crippen LogP contribution in [0, 0.1) is 11.8 Å². The molecule has 2 bridgehead atoms. The van der Waals surface area contributed by atoms with Crippen LogP contribution in [0.4, 0.5) is 0 Å². The first-order valence-electron chi connectivity index (χ1n) is 10.1. The molecule has 1 saturated carbocycles. The minimum atomic E-state index is 0.761. The van der Waals surface area contributed by atoms with E-state index in [2.05, 4.69) is 34.1 Å². The molecule has 0 unspecified atom stereocenters. The van der Waals surface area contributed by atoms with Crippen molar-refractivity contribution in [3.8, 4) is 5.75 Å². The monoisotopic (exact) mass is 344 g/mol. The van der Waals surface area contributed by atoms with E-state index in [1.165, 1.54) is 44.3 Å². The molecule has 138 valence electrons. The first-order chi connectivity index (χ1) is 12.3. The number of hydrogen-bond acceptors (Lipinski definition) is 4. The highest BCUT2D eigenvalue weighted by Crippen LogP contribution is 2.34. The molecule has 1 aromatic carbocycles. The van der Waals surface area contributed by atoms with Crippen molar-refractivity contribution in [1.82, 2.24) is 9.80 Å². The van der Waals surface area contributed by atoms with Crippen molar-refractivity contribution in [2.75, 3.05) is 52.5 Å². The lowest BCUT2D eigenvalue weighted by Crippen LogP contribution is -2.42. The van der Waals surface area contributed by atoms with Gasteiger partial charge in [-0.05, 0) is 48.8 Å². The Morgan fingerprint density at radius 2 is 1.84 bits per heavy atom. The zero-order valence-electron chi connectivity index (χ0n) is 15.4. The van der Waals surface area contributed by atoms with Crippen LogP contribution >= 0.6 is 0 Å². The molecule has 2 atom stereocenters. The van der Waals surface area contributed by atoms with Crippen LogP contribution in [0.3, 0.4) is 0 Å². The summed E-state index contributed by atoms with van der Waals surface area (Å²) < 4.78 is 11.4. The molecule has 4 rings (SSSR count). The zero-order chi connectivity index (χ0) is 16.9. The maximum absolute atomic E-state index is 6.01. The summed E-state index contributed by atoms with van der Waals surface area (Å²) in [4.78, 5) is 5.09. The van der Waals surface area contributed by atoms with Gasteiger partial charge in [0.2, 0.25) is 0 Å². The van der Waals surface area contributed by atoms with Gasteiger partial charge in [-0.25, -0.2) is 0 Å². The predicted molar refractivity (Wildman–Crippen MR) is 99.9 cm³/mol. The number of ether oxygens (including phenoxy) is 2. The van der Waals surface area contributed by atoms with Crippen molar-refractivity contribution >= 4 is 0 Å². The fraction of sp³-hybridized carbons (Fsp3) is 0.714. The van der Waals surface area contributed by atoms with E-state index in [0.717, 1.165) is 63.6 Å². The number of fused-ring (bicyclic) bond motifs is 2. The van der Waals surface area contributed by atoms with Crippen LogP contribution in [0.2, 0.25) is 0 Å². The maximum atomic E-state index is 6.01. The van der Waals surface area contributed by atoms with Gasteiger partial charge >= 0.3 is 0 Å². The molecule has 3 fully saturated rings. The molecule has 0 aromatic heterocycles. The van der Waals surface area contributed by atoms with E-state index in [1.54, 1.807) is 0 Å². The van der Waals surface area contributed by atoms with Gasteiger partial charge < -0.3 is 9.47 Å². The highest BCUT2D eigenvalue weighted by Gasteiger charge is 2.30. The molecule has 0 amide bonds. The van der Waals surface area contributed by atoms with Gasteiger partial charge in [0.05, 0.1) is 13.2 Å². The fourth-order valence-electron chi connectivity index (χ4n) is 4.78. The fourth-order valence-corrected chi connectivity index (χ4v) is 4.78. The van der Waals surface area contributed by atoms with Crippen LogP contribution in [-0.4, -0.2) is 62.3 Å². The number of benzene rings is 1. The van der Waals surface area contributed by atoms with Crippen LogP contribution in [0.25, 0.3) is 0 Å². The number of likely N-dealkylation sites (tertiary alicyclic amines) is 1. The number of rotatable bonds is 6. The smallest absolute Gasteiger partial charge is 0.119 e. The van der Waals surface area contributed by atoms with Crippen LogP contribution < -0.4 is 4.74 Å². The molecule has 0 radical (unpaired) electrons. The second kappa shape index (κ2) is 8.52. The molecule has 2 heterocycles. The van der Waals surface area contributed by atoms with Crippen molar-refractivity contribution < 1.29 is 9.47 Å². The normalized spacial score (nSPS) is 28.0. The van der Waals surface area contributed by atoms with Gasteiger partial charge in [0.25, 0.3) is 0 Å². The average Bonchev–Trinajstić information content (AvgIpc) is 2.63. The summed E-state index contributed by atoms with van der Waals surface area (Å²) in [6.07, 6.45) is 5.81. The summed E-state index contributed by atoms with van der Waals surface area (Å²) in [5.41, 5.74) is 1.39. The van der Waals surface area contributed by atoms with Crippen molar-refractivity contribution in [3.05, 3.63) is 29.8 Å². The summed E-state index contributed by atoms with van der Waals surface area (Å²) in [7, 11) is 0. The Balaban J connectivity index is 1.26. The van der Waals surface area contributed by atoms with E-state index in [1.807, 2.05) is 0 Å². The maximum Gasteiger partial charge on any atom is 0.119 e. The molecule has 4 heteroatoms. The lowest BCUT2D eigenvalue weighted by atomic mass is 9.78. The van der Waals surface area contributed by atoms with Gasteiger partial charge in [0.1, 0.15) is 12.4 Å². The molecular weight excluding hydrogens is 312 g/mol. The zero-order valence-corrected chi connectivity index (χ0v) is 15.4. The second-order valence-corrected chi connectivity index (χ2v) is 8.04. The van der Waals surface area contributed by atoms with E-state index < -0.39 is 0 Å². The molecule has 25 heavy (non-hydrogen) atoms. The van der Waals surface area contributed by atoms with Crippen LogP contribution in [0.15, 0.2) is 24.3 Å². The third kappa shape index (κ3) is 4.96. The Hall–Kier alpha value is -1.10. The minimum Gasteiger partial charge on any atom is -0.492 e. The summed E-state index contributed by atoms with van der Waals surface area (Å²) >= 11 is 0. The van der Waals surface area contributed by atoms with Crippen molar-refractivity contribution in [1.29, 1.82) is 0 Å². The predicted octanol–water partition coefficient (Wildman–Crippen LogP) is 3.02. The van der Waals surface area contributed by atoms with Crippen molar-refractivity contribution in [3.63, 3.8) is 0 Å². The van der Waals surface area contributed by atoms with Crippen molar-refractivity contribution in [2.24, 2.45) is 11.8 Å². The summed E-state index contributed by atoms with van der Waals surface area (Å²) in [5, 5.41) is 0. The van der Waals surface area contributed by atoms with E-state index in [9.17, 15) is 0 Å². The van der Waals surface area contributed by atoms with Gasteiger partial charge in [0.15, 0.2) is 0 Å². The van der Waals surface area contributed by atoms with Crippen LogP contribution in [0.5, 0.6) is 5.75 Å². The Bertz CT molecular complexity index is 532. The Labute approximate surface area is 152 Å². The first kappa shape index (κ1) is 17.3. The molecule has 3 aliphatic rings. The van der Waals surface area contributed by atoms with E-state index in [4.69, 9.17) is 9.47 Å². The topological polar surface area (TPSA) is 24.9 Å². The summed E-state index contributed by atoms with van der Waals surface area (Å²) in [6, 6.07) is 8.72. The van der Waals surface area contributed by atoms with Gasteiger partial charge in [-0.1, -0.05) is 18.6 Å². The Morgan fingerprint density at radius 3 is 2.64 bits per heavy atom. The van der Waals surface area contributed by atoms with E-state index in [-0.39, 0.29) is 0 Å². The molecule has 1 aromatic rings. The number of morpholine rings is 1. The van der Waals surface area contributed by atoms with E-state index in [0.29, 0.717) is 0 Å². The highest BCUT2D eigenvalue weighted by atomic mass is 16.5. The summed E-state index contributed by atoms with van der Waals surface area (Å²) in [6.45, 7) is 9.17. The van der Waals surface area contributed by atoms with Crippen molar-refractivity contribution in [2.45, 2.75) is 32.2 Å². The minimum absolute atomic E-state index is 0.761. The Morgan fingerprint density at radius 1 is 1.04 bits per heavy atom. The summed E-state index contributed by atoms with van der Waals surface area (Å²) in [5.74, 6) is 2.91. The van der Waals surface area contributed by atoms with Crippen LogP contribution in [0.1, 0.15) is 31.2 Å². The molecular formula is C21H32N2O2. The van der Waals surface area contributed by atoms with Gasteiger partial charge in [0, 0.05) is 39.3 Å². The number of nitrogens with zero attached hydrogens (tertiary/aromatic N) is 2.